The average molecular weight is 313 g/mol. The van der Waals surface area contributed by atoms with E-state index in [2.05, 4.69) is 23.5 Å². The minimum Gasteiger partial charge on any atom is -0.271 e. The zero-order valence-corrected chi connectivity index (χ0v) is 13.0. The van der Waals surface area contributed by atoms with Crippen molar-refractivity contribution in [2.75, 3.05) is 0 Å². The van der Waals surface area contributed by atoms with Gasteiger partial charge >= 0.3 is 0 Å². The SMILES string of the molecule is CCn1nc(C)cc1CC(NN)c1ccc(Cl)cc1Cl. The number of nitrogens with zero attached hydrogens (tertiary/aromatic N) is 2. The largest absolute Gasteiger partial charge is 0.271 e. The monoisotopic (exact) mass is 312 g/mol. The molecule has 2 rings (SSSR count). The molecule has 0 radical (unpaired) electrons. The van der Waals surface area contributed by atoms with Crippen molar-refractivity contribution < 1.29 is 0 Å². The van der Waals surface area contributed by atoms with Crippen LogP contribution >= 0.6 is 23.2 Å². The number of hydrogen-bond acceptors (Lipinski definition) is 3. The molecule has 0 saturated heterocycles. The maximum Gasteiger partial charge on any atom is 0.0596 e. The second kappa shape index (κ2) is 6.59. The molecule has 0 fully saturated rings. The van der Waals surface area contributed by atoms with Crippen LogP contribution in [0.25, 0.3) is 0 Å². The van der Waals surface area contributed by atoms with E-state index in [0.717, 1.165) is 23.5 Å². The van der Waals surface area contributed by atoms with Crippen LogP contribution in [0.5, 0.6) is 0 Å². The lowest BCUT2D eigenvalue weighted by atomic mass is 10.0. The summed E-state index contributed by atoms with van der Waals surface area (Å²) in [5, 5.41) is 5.67. The summed E-state index contributed by atoms with van der Waals surface area (Å²) in [6.45, 7) is 4.88. The molecule has 20 heavy (non-hydrogen) atoms. The summed E-state index contributed by atoms with van der Waals surface area (Å²) in [5.74, 6) is 5.69. The van der Waals surface area contributed by atoms with Crippen LogP contribution in [-0.2, 0) is 13.0 Å². The molecule has 1 atom stereocenters. The Kier molecular flexibility index (Phi) is 5.05. The lowest BCUT2D eigenvalue weighted by Crippen LogP contribution is -2.30. The Hall–Kier alpha value is -1.07. The van der Waals surface area contributed by atoms with Crippen LogP contribution in [0, 0.1) is 6.92 Å². The first-order chi connectivity index (χ1) is 9.55. The predicted molar refractivity (Wildman–Crippen MR) is 82.9 cm³/mol. The normalized spacial score (nSPS) is 12.7. The summed E-state index contributed by atoms with van der Waals surface area (Å²) in [5.41, 5.74) is 5.87. The van der Waals surface area contributed by atoms with Gasteiger partial charge in [-0.05, 0) is 37.6 Å². The first-order valence-corrected chi connectivity index (χ1v) is 7.25. The summed E-state index contributed by atoms with van der Waals surface area (Å²) in [4.78, 5) is 0. The summed E-state index contributed by atoms with van der Waals surface area (Å²) < 4.78 is 1.98. The predicted octanol–water partition coefficient (Wildman–Crippen LogP) is 3.27. The van der Waals surface area contributed by atoms with E-state index in [-0.39, 0.29) is 6.04 Å². The highest BCUT2D eigenvalue weighted by molar-refractivity contribution is 6.35. The lowest BCUT2D eigenvalue weighted by molar-refractivity contribution is 0.517. The topological polar surface area (TPSA) is 55.9 Å². The second-order valence-electron chi connectivity index (χ2n) is 4.68. The van der Waals surface area contributed by atoms with E-state index in [1.54, 1.807) is 6.07 Å². The minimum absolute atomic E-state index is 0.0823. The number of aromatic nitrogens is 2. The first kappa shape index (κ1) is 15.3. The van der Waals surface area contributed by atoms with Crippen LogP contribution in [0.15, 0.2) is 24.3 Å². The van der Waals surface area contributed by atoms with Gasteiger partial charge in [0, 0.05) is 28.7 Å². The Morgan fingerprint density at radius 3 is 2.70 bits per heavy atom. The minimum atomic E-state index is -0.0823. The van der Waals surface area contributed by atoms with E-state index in [9.17, 15) is 0 Å². The van der Waals surface area contributed by atoms with E-state index in [1.165, 1.54) is 0 Å². The van der Waals surface area contributed by atoms with Gasteiger partial charge in [0.1, 0.15) is 0 Å². The number of rotatable bonds is 5. The number of nitrogens with one attached hydrogen (secondary N) is 1. The zero-order chi connectivity index (χ0) is 14.7. The van der Waals surface area contributed by atoms with Gasteiger partial charge in [-0.2, -0.15) is 5.10 Å². The van der Waals surface area contributed by atoms with Gasteiger partial charge in [0.2, 0.25) is 0 Å². The summed E-state index contributed by atoms with van der Waals surface area (Å²) in [6, 6.07) is 7.42. The highest BCUT2D eigenvalue weighted by atomic mass is 35.5. The molecule has 0 saturated carbocycles. The van der Waals surface area contributed by atoms with Crippen molar-refractivity contribution in [2.45, 2.75) is 32.9 Å². The van der Waals surface area contributed by atoms with Gasteiger partial charge in [0.15, 0.2) is 0 Å². The van der Waals surface area contributed by atoms with Gasteiger partial charge in [0.25, 0.3) is 0 Å². The molecule has 0 aliphatic heterocycles. The number of hydrazine groups is 1. The Labute approximate surface area is 128 Å². The summed E-state index contributed by atoms with van der Waals surface area (Å²) in [7, 11) is 0. The number of aryl methyl sites for hydroxylation is 2. The van der Waals surface area contributed by atoms with Crippen LogP contribution in [0.4, 0.5) is 0 Å². The maximum atomic E-state index is 6.25. The molecule has 0 bridgehead atoms. The lowest BCUT2D eigenvalue weighted by Gasteiger charge is -2.18. The molecule has 1 aromatic carbocycles. The third-order valence-electron chi connectivity index (χ3n) is 3.24. The van der Waals surface area contributed by atoms with Gasteiger partial charge in [-0.3, -0.25) is 16.0 Å². The number of nitrogens with two attached hydrogens (primary N) is 1. The van der Waals surface area contributed by atoms with Gasteiger partial charge < -0.3 is 0 Å². The quantitative estimate of drug-likeness (QED) is 0.658. The second-order valence-corrected chi connectivity index (χ2v) is 5.53. The van der Waals surface area contributed by atoms with Crippen molar-refractivity contribution in [1.82, 2.24) is 15.2 Å². The Morgan fingerprint density at radius 1 is 1.35 bits per heavy atom. The number of benzene rings is 1. The molecule has 0 aliphatic carbocycles. The molecular weight excluding hydrogens is 295 g/mol. The average Bonchev–Trinajstić information content (AvgIpc) is 2.76. The fourth-order valence-corrected chi connectivity index (χ4v) is 2.83. The maximum absolute atomic E-state index is 6.25. The van der Waals surface area contributed by atoms with Crippen LogP contribution in [0.2, 0.25) is 10.0 Å². The summed E-state index contributed by atoms with van der Waals surface area (Å²) in [6.07, 6.45) is 0.715. The van der Waals surface area contributed by atoms with Gasteiger partial charge in [-0.1, -0.05) is 29.3 Å². The van der Waals surface area contributed by atoms with Crippen molar-refractivity contribution in [2.24, 2.45) is 5.84 Å². The zero-order valence-electron chi connectivity index (χ0n) is 11.5. The van der Waals surface area contributed by atoms with Crippen molar-refractivity contribution in [3.63, 3.8) is 0 Å². The molecule has 3 N–H and O–H groups in total. The molecule has 0 spiro atoms. The summed E-state index contributed by atoms with van der Waals surface area (Å²) >= 11 is 12.2. The van der Waals surface area contributed by atoms with E-state index in [4.69, 9.17) is 29.0 Å². The number of halogens is 2. The smallest absolute Gasteiger partial charge is 0.0596 e. The molecule has 1 unspecified atom stereocenters. The van der Waals surface area contributed by atoms with Crippen LogP contribution in [0.1, 0.15) is 29.9 Å². The number of hydrogen-bond donors (Lipinski definition) is 2. The first-order valence-electron chi connectivity index (χ1n) is 6.49. The Balaban J connectivity index is 2.28. The molecule has 2 aromatic rings. The van der Waals surface area contributed by atoms with Gasteiger partial charge in [-0.25, -0.2) is 0 Å². The third-order valence-corrected chi connectivity index (χ3v) is 3.80. The third kappa shape index (κ3) is 3.33. The van der Waals surface area contributed by atoms with E-state index >= 15 is 0 Å². The van der Waals surface area contributed by atoms with Gasteiger partial charge in [0.05, 0.1) is 11.7 Å². The van der Waals surface area contributed by atoms with E-state index < -0.39 is 0 Å². The van der Waals surface area contributed by atoms with Crippen molar-refractivity contribution in [3.8, 4) is 0 Å². The van der Waals surface area contributed by atoms with Crippen molar-refractivity contribution in [1.29, 1.82) is 0 Å². The molecular formula is C14H18Cl2N4. The van der Waals surface area contributed by atoms with Crippen LogP contribution in [-0.4, -0.2) is 9.78 Å². The fourth-order valence-electron chi connectivity index (χ4n) is 2.29. The van der Waals surface area contributed by atoms with Crippen LogP contribution in [0.3, 0.4) is 0 Å². The highest BCUT2D eigenvalue weighted by Crippen LogP contribution is 2.28. The molecule has 1 aromatic heterocycles. The fraction of sp³-hybridized carbons (Fsp3) is 0.357. The molecule has 108 valence electrons. The molecule has 1 heterocycles. The molecule has 6 heteroatoms. The van der Waals surface area contributed by atoms with Crippen molar-refractivity contribution in [3.05, 3.63) is 51.3 Å². The standard InChI is InChI=1S/C14H18Cl2N4/c1-3-20-11(6-9(2)19-20)8-14(18-17)12-5-4-10(15)7-13(12)16/h4-7,14,18H,3,8,17H2,1-2H3. The Bertz CT molecular complexity index is 595. The highest BCUT2D eigenvalue weighted by Gasteiger charge is 2.17. The van der Waals surface area contributed by atoms with Crippen molar-refractivity contribution >= 4 is 23.2 Å². The van der Waals surface area contributed by atoms with Gasteiger partial charge in [-0.15, -0.1) is 0 Å². The molecule has 4 nitrogen and oxygen atoms in total. The van der Waals surface area contributed by atoms with E-state index in [1.807, 2.05) is 23.7 Å². The van der Waals surface area contributed by atoms with Crippen LogP contribution < -0.4 is 11.3 Å². The van der Waals surface area contributed by atoms with E-state index in [0.29, 0.717) is 16.5 Å². The molecule has 0 aliphatic rings. The molecule has 0 amide bonds. The Morgan fingerprint density at radius 2 is 2.10 bits per heavy atom.